The Balaban J connectivity index is 1.28. The maximum atomic E-state index is 13.1. The summed E-state index contributed by atoms with van der Waals surface area (Å²) in [6, 6.07) is 9.95. The van der Waals surface area contributed by atoms with Gasteiger partial charge in [-0.2, -0.15) is 0 Å². The van der Waals surface area contributed by atoms with Crippen molar-refractivity contribution in [3.63, 3.8) is 0 Å². The molecule has 0 amide bonds. The second-order valence-electron chi connectivity index (χ2n) is 9.50. The van der Waals surface area contributed by atoms with E-state index in [1.54, 1.807) is 0 Å². The van der Waals surface area contributed by atoms with Crippen molar-refractivity contribution in [1.29, 1.82) is 0 Å². The van der Waals surface area contributed by atoms with E-state index in [0.29, 0.717) is 0 Å². The van der Waals surface area contributed by atoms with Crippen LogP contribution in [0.3, 0.4) is 0 Å². The molecule has 0 spiro atoms. The second kappa shape index (κ2) is 5.94. The van der Waals surface area contributed by atoms with E-state index >= 15 is 0 Å². The Kier molecular flexibility index (Phi) is 3.77. The van der Waals surface area contributed by atoms with Gasteiger partial charge >= 0.3 is 5.97 Å². The standard InChI is InChI=1S/C23H28O3/c24-20(22-12-16-9-17(13-22)11-18(10-16)14-22)15-26-21(25)23(7-4-8-23)19-5-2-1-3-6-19/h1-3,5-6,16-18H,4,7-15H2. The van der Waals surface area contributed by atoms with Crippen molar-refractivity contribution in [3.8, 4) is 0 Å². The zero-order valence-corrected chi connectivity index (χ0v) is 15.4. The molecule has 0 aliphatic heterocycles. The molecule has 5 saturated carbocycles. The van der Waals surface area contributed by atoms with Crippen molar-refractivity contribution in [2.45, 2.75) is 63.2 Å². The monoisotopic (exact) mass is 352 g/mol. The maximum Gasteiger partial charge on any atom is 0.316 e. The average Bonchev–Trinajstić information content (AvgIpc) is 2.58. The highest BCUT2D eigenvalue weighted by Gasteiger charge is 2.55. The lowest BCUT2D eigenvalue weighted by atomic mass is 9.48. The molecule has 5 aliphatic carbocycles. The van der Waals surface area contributed by atoms with Crippen LogP contribution in [0.5, 0.6) is 0 Å². The molecule has 3 heteroatoms. The fourth-order valence-corrected chi connectivity index (χ4v) is 6.77. The minimum atomic E-state index is -0.511. The van der Waals surface area contributed by atoms with E-state index in [1.807, 2.05) is 30.3 Å². The number of ether oxygens (including phenoxy) is 1. The van der Waals surface area contributed by atoms with E-state index < -0.39 is 5.41 Å². The topological polar surface area (TPSA) is 43.4 Å². The summed E-state index contributed by atoms with van der Waals surface area (Å²) in [5.41, 5.74) is 0.357. The SMILES string of the molecule is O=C(COC(=O)C1(c2ccccc2)CCC1)C12CC3CC(CC(C3)C1)C2. The molecular formula is C23H28O3. The molecule has 0 saturated heterocycles. The smallest absolute Gasteiger partial charge is 0.316 e. The molecule has 138 valence electrons. The van der Waals surface area contributed by atoms with Crippen molar-refractivity contribution in [2.24, 2.45) is 23.2 Å². The van der Waals surface area contributed by atoms with Crippen molar-refractivity contribution >= 4 is 11.8 Å². The molecule has 0 heterocycles. The normalized spacial score (nSPS) is 36.4. The van der Waals surface area contributed by atoms with Gasteiger partial charge in [0.25, 0.3) is 0 Å². The van der Waals surface area contributed by atoms with Gasteiger partial charge in [-0.1, -0.05) is 36.8 Å². The molecule has 6 rings (SSSR count). The molecular weight excluding hydrogens is 324 g/mol. The molecule has 4 bridgehead atoms. The Hall–Kier alpha value is -1.64. The summed E-state index contributed by atoms with van der Waals surface area (Å²) in [4.78, 5) is 26.0. The molecule has 5 aliphatic rings. The highest BCUT2D eigenvalue weighted by molar-refractivity contribution is 5.90. The van der Waals surface area contributed by atoms with Gasteiger partial charge in [0.2, 0.25) is 0 Å². The first-order chi connectivity index (χ1) is 12.6. The number of hydrogen-bond acceptors (Lipinski definition) is 3. The van der Waals surface area contributed by atoms with Gasteiger partial charge in [-0.3, -0.25) is 9.59 Å². The lowest BCUT2D eigenvalue weighted by Gasteiger charge is -2.55. The molecule has 5 fully saturated rings. The molecule has 1 aromatic carbocycles. The summed E-state index contributed by atoms with van der Waals surface area (Å²) >= 11 is 0. The van der Waals surface area contributed by atoms with Crippen LogP contribution < -0.4 is 0 Å². The molecule has 3 nitrogen and oxygen atoms in total. The minimum Gasteiger partial charge on any atom is -0.457 e. The maximum absolute atomic E-state index is 13.1. The van der Waals surface area contributed by atoms with Crippen LogP contribution in [0.2, 0.25) is 0 Å². The van der Waals surface area contributed by atoms with E-state index in [-0.39, 0.29) is 23.8 Å². The third-order valence-electron chi connectivity index (χ3n) is 7.89. The second-order valence-corrected chi connectivity index (χ2v) is 9.50. The lowest BCUT2D eigenvalue weighted by molar-refractivity contribution is -0.163. The number of carbonyl (C=O) groups excluding carboxylic acids is 2. The summed E-state index contributed by atoms with van der Waals surface area (Å²) in [5, 5.41) is 0. The van der Waals surface area contributed by atoms with E-state index in [0.717, 1.165) is 61.8 Å². The Morgan fingerprint density at radius 2 is 1.50 bits per heavy atom. The Morgan fingerprint density at radius 3 is 2.00 bits per heavy atom. The van der Waals surface area contributed by atoms with E-state index in [4.69, 9.17) is 4.74 Å². The van der Waals surface area contributed by atoms with Gasteiger partial charge in [0.1, 0.15) is 0 Å². The number of rotatable bonds is 5. The van der Waals surface area contributed by atoms with Crippen molar-refractivity contribution < 1.29 is 14.3 Å². The largest absolute Gasteiger partial charge is 0.457 e. The zero-order chi connectivity index (χ0) is 17.8. The molecule has 26 heavy (non-hydrogen) atoms. The third-order valence-corrected chi connectivity index (χ3v) is 7.89. The van der Waals surface area contributed by atoms with Crippen LogP contribution in [0.1, 0.15) is 63.4 Å². The number of hydrogen-bond donors (Lipinski definition) is 0. The molecule has 1 aromatic rings. The van der Waals surface area contributed by atoms with Gasteiger partial charge in [0, 0.05) is 5.41 Å². The van der Waals surface area contributed by atoms with E-state index in [2.05, 4.69) is 0 Å². The predicted molar refractivity (Wildman–Crippen MR) is 98.5 cm³/mol. The molecule has 0 aromatic heterocycles. The van der Waals surface area contributed by atoms with Crippen LogP contribution in [0.15, 0.2) is 30.3 Å². The summed E-state index contributed by atoms with van der Waals surface area (Å²) in [6.45, 7) is -0.0143. The predicted octanol–water partition coefficient (Wildman–Crippen LogP) is 4.44. The first-order valence-corrected chi connectivity index (χ1v) is 10.4. The zero-order valence-electron chi connectivity index (χ0n) is 15.4. The lowest BCUT2D eigenvalue weighted by Crippen LogP contribution is -2.51. The van der Waals surface area contributed by atoms with Gasteiger partial charge in [0.05, 0.1) is 5.41 Å². The summed E-state index contributed by atoms with van der Waals surface area (Å²) in [5.74, 6) is 2.23. The Labute approximate surface area is 155 Å². The first-order valence-electron chi connectivity index (χ1n) is 10.4. The van der Waals surface area contributed by atoms with Crippen LogP contribution >= 0.6 is 0 Å². The third kappa shape index (κ3) is 2.46. The van der Waals surface area contributed by atoms with Gasteiger partial charge in [-0.25, -0.2) is 0 Å². The highest BCUT2D eigenvalue weighted by atomic mass is 16.5. The van der Waals surface area contributed by atoms with Gasteiger partial charge < -0.3 is 4.74 Å². The number of carbonyl (C=O) groups is 2. The van der Waals surface area contributed by atoms with E-state index in [1.165, 1.54) is 19.3 Å². The summed E-state index contributed by atoms with van der Waals surface area (Å²) in [7, 11) is 0. The van der Waals surface area contributed by atoms with Crippen molar-refractivity contribution in [2.75, 3.05) is 6.61 Å². The van der Waals surface area contributed by atoms with Crippen LogP contribution in [0.4, 0.5) is 0 Å². The molecule has 0 atom stereocenters. The van der Waals surface area contributed by atoms with Crippen molar-refractivity contribution in [1.82, 2.24) is 0 Å². The summed E-state index contributed by atoms with van der Waals surface area (Å²) in [6.07, 6.45) is 9.81. The van der Waals surface area contributed by atoms with Crippen LogP contribution in [0, 0.1) is 23.2 Å². The van der Waals surface area contributed by atoms with Crippen LogP contribution in [0.25, 0.3) is 0 Å². The first kappa shape index (κ1) is 16.5. The number of benzene rings is 1. The molecule has 0 N–H and O–H groups in total. The Bertz CT molecular complexity index is 681. The van der Waals surface area contributed by atoms with Crippen molar-refractivity contribution in [3.05, 3.63) is 35.9 Å². The quantitative estimate of drug-likeness (QED) is 0.736. The van der Waals surface area contributed by atoms with Gasteiger partial charge in [-0.15, -0.1) is 0 Å². The fraction of sp³-hybridized carbons (Fsp3) is 0.652. The van der Waals surface area contributed by atoms with Gasteiger partial charge in [-0.05, 0) is 74.7 Å². The highest BCUT2D eigenvalue weighted by Crippen LogP contribution is 2.60. The van der Waals surface area contributed by atoms with Crippen LogP contribution in [-0.4, -0.2) is 18.4 Å². The number of esters is 1. The summed E-state index contributed by atoms with van der Waals surface area (Å²) < 4.78 is 5.67. The number of Topliss-reactive ketones (excluding diaryl/α,β-unsaturated/α-hetero) is 1. The van der Waals surface area contributed by atoms with Crippen LogP contribution in [-0.2, 0) is 19.7 Å². The molecule has 0 radical (unpaired) electrons. The molecule has 0 unspecified atom stereocenters. The minimum absolute atomic E-state index is 0.0143. The van der Waals surface area contributed by atoms with Gasteiger partial charge in [0.15, 0.2) is 12.4 Å². The fourth-order valence-electron chi connectivity index (χ4n) is 6.77. The number of ketones is 1. The van der Waals surface area contributed by atoms with E-state index in [9.17, 15) is 9.59 Å². The average molecular weight is 352 g/mol. The Morgan fingerprint density at radius 1 is 0.923 bits per heavy atom.